The first-order chi connectivity index (χ1) is 8.83. The number of para-hydroxylation sites is 1. The van der Waals surface area contributed by atoms with E-state index in [9.17, 15) is 0 Å². The third-order valence-electron chi connectivity index (χ3n) is 2.94. The summed E-state index contributed by atoms with van der Waals surface area (Å²) < 4.78 is 0. The zero-order chi connectivity index (χ0) is 12.5. The van der Waals surface area contributed by atoms with Crippen LogP contribution in [0.3, 0.4) is 0 Å². The fourth-order valence-corrected chi connectivity index (χ4v) is 2.06. The molecule has 18 heavy (non-hydrogen) atoms. The zero-order valence-corrected chi connectivity index (χ0v) is 9.38. The average molecular weight is 232 g/mol. The molecule has 2 heterocycles. The van der Waals surface area contributed by atoms with Crippen LogP contribution in [0, 0.1) is 22.7 Å². The summed E-state index contributed by atoms with van der Waals surface area (Å²) in [5.41, 5.74) is 2.20. The van der Waals surface area contributed by atoms with Gasteiger partial charge >= 0.3 is 0 Å². The molecule has 0 aliphatic rings. The molecular formula is C14H8N4. The molecule has 2 aromatic heterocycles. The molecular weight excluding hydrogens is 224 g/mol. The van der Waals surface area contributed by atoms with Gasteiger partial charge in [-0.15, -0.1) is 0 Å². The molecule has 4 nitrogen and oxygen atoms in total. The third kappa shape index (κ3) is 1.41. The van der Waals surface area contributed by atoms with Gasteiger partial charge in [-0.1, -0.05) is 18.2 Å². The van der Waals surface area contributed by atoms with Crippen molar-refractivity contribution >= 4 is 21.9 Å². The van der Waals surface area contributed by atoms with E-state index < -0.39 is 5.92 Å². The van der Waals surface area contributed by atoms with E-state index in [0.717, 1.165) is 16.3 Å². The van der Waals surface area contributed by atoms with E-state index in [1.807, 2.05) is 42.5 Å². The third-order valence-corrected chi connectivity index (χ3v) is 2.94. The van der Waals surface area contributed by atoms with Crippen molar-refractivity contribution in [1.82, 2.24) is 9.97 Å². The number of nitrogens with one attached hydrogen (secondary N) is 1. The van der Waals surface area contributed by atoms with Crippen LogP contribution in [-0.4, -0.2) is 9.97 Å². The van der Waals surface area contributed by atoms with Crippen molar-refractivity contribution in [3.05, 3.63) is 42.1 Å². The normalized spacial score (nSPS) is 10.6. The van der Waals surface area contributed by atoms with E-state index in [-0.39, 0.29) is 0 Å². The molecule has 0 amide bonds. The maximum atomic E-state index is 8.87. The minimum Gasteiger partial charge on any atom is -0.339 e. The van der Waals surface area contributed by atoms with Gasteiger partial charge in [-0.2, -0.15) is 10.5 Å². The first kappa shape index (κ1) is 10.3. The molecule has 84 valence electrons. The second kappa shape index (κ2) is 3.87. The fourth-order valence-electron chi connectivity index (χ4n) is 2.06. The largest absolute Gasteiger partial charge is 0.339 e. The molecule has 0 unspecified atom stereocenters. The second-order valence-corrected chi connectivity index (χ2v) is 3.99. The predicted molar refractivity (Wildman–Crippen MR) is 67.6 cm³/mol. The van der Waals surface area contributed by atoms with Gasteiger partial charge < -0.3 is 4.98 Å². The van der Waals surface area contributed by atoms with Crippen LogP contribution in [0.4, 0.5) is 0 Å². The summed E-state index contributed by atoms with van der Waals surface area (Å²) in [5, 5.41) is 19.8. The van der Waals surface area contributed by atoms with Crippen LogP contribution in [0.25, 0.3) is 21.9 Å². The van der Waals surface area contributed by atoms with Crippen molar-refractivity contribution in [3.8, 4) is 12.1 Å². The summed E-state index contributed by atoms with van der Waals surface area (Å²) in [6.07, 6.45) is 0. The van der Waals surface area contributed by atoms with Crippen molar-refractivity contribution in [2.75, 3.05) is 0 Å². The smallest absolute Gasteiger partial charge is 0.175 e. The van der Waals surface area contributed by atoms with E-state index in [4.69, 9.17) is 10.5 Å². The monoisotopic (exact) mass is 232 g/mol. The Hall–Kier alpha value is -2.85. The van der Waals surface area contributed by atoms with E-state index >= 15 is 0 Å². The molecule has 3 aromatic rings. The molecule has 1 aromatic carbocycles. The molecule has 4 heteroatoms. The summed E-state index contributed by atoms with van der Waals surface area (Å²) in [4.78, 5) is 7.55. The molecule has 0 spiro atoms. The molecule has 1 N–H and O–H groups in total. The van der Waals surface area contributed by atoms with E-state index in [1.54, 1.807) is 6.07 Å². The number of nitrogens with zero attached hydrogens (tertiary/aromatic N) is 3. The van der Waals surface area contributed by atoms with Crippen LogP contribution in [-0.2, 0) is 0 Å². The molecule has 0 radical (unpaired) electrons. The van der Waals surface area contributed by atoms with Crippen LogP contribution in [0.5, 0.6) is 0 Å². The van der Waals surface area contributed by atoms with Gasteiger partial charge in [-0.25, -0.2) is 4.98 Å². The van der Waals surface area contributed by atoms with Gasteiger partial charge in [0.05, 0.1) is 17.8 Å². The maximum absolute atomic E-state index is 8.87. The van der Waals surface area contributed by atoms with Gasteiger partial charge in [-0.3, -0.25) is 0 Å². The maximum Gasteiger partial charge on any atom is 0.175 e. The van der Waals surface area contributed by atoms with Crippen LogP contribution >= 0.6 is 0 Å². The number of aromatic amines is 1. The van der Waals surface area contributed by atoms with Gasteiger partial charge in [0, 0.05) is 16.3 Å². The Labute approximate surface area is 103 Å². The number of aromatic nitrogens is 2. The molecule has 3 rings (SSSR count). The number of pyridine rings is 1. The summed E-state index contributed by atoms with van der Waals surface area (Å²) in [6, 6.07) is 15.4. The summed E-state index contributed by atoms with van der Waals surface area (Å²) in [6.45, 7) is 0. The van der Waals surface area contributed by atoms with Gasteiger partial charge in [0.1, 0.15) is 5.65 Å². The highest BCUT2D eigenvalue weighted by Crippen LogP contribution is 2.25. The lowest BCUT2D eigenvalue weighted by atomic mass is 10.1. The van der Waals surface area contributed by atoms with Crippen molar-refractivity contribution in [2.45, 2.75) is 5.92 Å². The fraction of sp³-hybridized carbons (Fsp3) is 0.0714. The van der Waals surface area contributed by atoms with E-state index in [2.05, 4.69) is 9.97 Å². The summed E-state index contributed by atoms with van der Waals surface area (Å²) in [7, 11) is 0. The molecule has 0 saturated heterocycles. The average Bonchev–Trinajstić information content (AvgIpc) is 2.78. The highest BCUT2D eigenvalue weighted by molar-refractivity contribution is 6.05. The standard InChI is InChI=1S/C14H8N4/c15-7-9(8-16)12-6-5-11-10-3-1-2-4-13(10)18-14(11)17-12/h1-6,9H,(H,17,18). The molecule has 0 aliphatic carbocycles. The molecule has 0 aliphatic heterocycles. The van der Waals surface area contributed by atoms with Crippen molar-refractivity contribution in [3.63, 3.8) is 0 Å². The van der Waals surface area contributed by atoms with Crippen molar-refractivity contribution in [1.29, 1.82) is 10.5 Å². The summed E-state index contributed by atoms with van der Waals surface area (Å²) >= 11 is 0. The van der Waals surface area contributed by atoms with Crippen LogP contribution in [0.1, 0.15) is 11.6 Å². The predicted octanol–water partition coefficient (Wildman–Crippen LogP) is 2.85. The number of rotatable bonds is 1. The second-order valence-electron chi connectivity index (χ2n) is 3.99. The van der Waals surface area contributed by atoms with Crippen LogP contribution in [0.15, 0.2) is 36.4 Å². The number of hydrogen-bond donors (Lipinski definition) is 1. The lowest BCUT2D eigenvalue weighted by Gasteiger charge is -1.98. The van der Waals surface area contributed by atoms with E-state index in [0.29, 0.717) is 11.3 Å². The van der Waals surface area contributed by atoms with Gasteiger partial charge in [0.15, 0.2) is 5.92 Å². The Morgan fingerprint density at radius 2 is 1.78 bits per heavy atom. The number of H-pyrrole nitrogens is 1. The number of nitriles is 2. The van der Waals surface area contributed by atoms with E-state index in [1.165, 1.54) is 0 Å². The highest BCUT2D eigenvalue weighted by atomic mass is 14.9. The first-order valence-electron chi connectivity index (χ1n) is 5.50. The lowest BCUT2D eigenvalue weighted by molar-refractivity contribution is 1.03. The lowest BCUT2D eigenvalue weighted by Crippen LogP contribution is -1.95. The molecule has 0 bridgehead atoms. The van der Waals surface area contributed by atoms with Crippen LogP contribution < -0.4 is 0 Å². The SMILES string of the molecule is N#CC(C#N)c1ccc2c(n1)[nH]c1ccccc12. The Morgan fingerprint density at radius 1 is 1.00 bits per heavy atom. The minimum atomic E-state index is -0.819. The highest BCUT2D eigenvalue weighted by Gasteiger charge is 2.12. The molecule has 0 saturated carbocycles. The molecule has 0 atom stereocenters. The number of fused-ring (bicyclic) bond motifs is 3. The Kier molecular flexibility index (Phi) is 2.22. The van der Waals surface area contributed by atoms with Gasteiger partial charge in [0.2, 0.25) is 0 Å². The number of hydrogen-bond acceptors (Lipinski definition) is 3. The van der Waals surface area contributed by atoms with Crippen molar-refractivity contribution in [2.24, 2.45) is 0 Å². The molecule has 0 fully saturated rings. The summed E-state index contributed by atoms with van der Waals surface area (Å²) in [5.74, 6) is -0.819. The van der Waals surface area contributed by atoms with Gasteiger partial charge in [-0.05, 0) is 18.2 Å². The van der Waals surface area contributed by atoms with Gasteiger partial charge in [0.25, 0.3) is 0 Å². The first-order valence-corrected chi connectivity index (χ1v) is 5.50. The number of benzene rings is 1. The Balaban J connectivity index is 2.29. The topological polar surface area (TPSA) is 76.3 Å². The zero-order valence-electron chi connectivity index (χ0n) is 9.38. The Bertz CT molecular complexity index is 803. The Morgan fingerprint density at radius 3 is 2.56 bits per heavy atom. The quantitative estimate of drug-likeness (QED) is 0.700. The van der Waals surface area contributed by atoms with Crippen molar-refractivity contribution < 1.29 is 0 Å². The minimum absolute atomic E-state index is 0.485. The van der Waals surface area contributed by atoms with Crippen LogP contribution in [0.2, 0.25) is 0 Å².